The van der Waals surface area contributed by atoms with Gasteiger partial charge in [0.15, 0.2) is 5.78 Å². The Morgan fingerprint density at radius 2 is 1.74 bits per heavy atom. The molecule has 2 amide bonds. The number of anilines is 1. The van der Waals surface area contributed by atoms with Gasteiger partial charge in [0.05, 0.1) is 6.54 Å². The fourth-order valence-electron chi connectivity index (χ4n) is 3.17. The molecule has 1 aliphatic carbocycles. The minimum atomic E-state index is -0.834. The number of urea groups is 1. The zero-order valence-electron chi connectivity index (χ0n) is 16.4. The van der Waals surface area contributed by atoms with Crippen LogP contribution in [0.1, 0.15) is 50.9 Å². The van der Waals surface area contributed by atoms with E-state index in [4.69, 9.17) is 5.11 Å². The molecule has 1 saturated carbocycles. The summed E-state index contributed by atoms with van der Waals surface area (Å²) in [5.74, 6) is -0.778. The van der Waals surface area contributed by atoms with E-state index in [1.165, 1.54) is 0 Å². The van der Waals surface area contributed by atoms with Gasteiger partial charge in [-0.15, -0.1) is 0 Å². The number of carboxylic acids is 1. The Labute approximate surface area is 160 Å². The van der Waals surface area contributed by atoms with Crippen LogP contribution >= 0.6 is 0 Å². The fraction of sp³-hybridized carbons (Fsp3) is 0.550. The molecule has 1 aromatic rings. The second-order valence-electron chi connectivity index (χ2n) is 8.03. The summed E-state index contributed by atoms with van der Waals surface area (Å²) in [6.07, 6.45) is 1.49. The second kappa shape index (κ2) is 8.52. The molecule has 0 spiro atoms. The van der Waals surface area contributed by atoms with Crippen LogP contribution in [0.2, 0.25) is 0 Å². The number of benzene rings is 1. The number of aliphatic carboxylic acids is 1. The van der Waals surface area contributed by atoms with Gasteiger partial charge in [-0.3, -0.25) is 14.5 Å². The Morgan fingerprint density at radius 1 is 1.15 bits per heavy atom. The van der Waals surface area contributed by atoms with Gasteiger partial charge in [0.1, 0.15) is 0 Å². The summed E-state index contributed by atoms with van der Waals surface area (Å²) in [5, 5.41) is 14.6. The van der Waals surface area contributed by atoms with Crippen LogP contribution in [0.15, 0.2) is 24.3 Å². The Morgan fingerprint density at radius 3 is 2.22 bits per heavy atom. The molecule has 3 N–H and O–H groups in total. The van der Waals surface area contributed by atoms with E-state index in [-0.39, 0.29) is 30.4 Å². The first-order valence-electron chi connectivity index (χ1n) is 9.28. The van der Waals surface area contributed by atoms with Crippen molar-refractivity contribution < 1.29 is 19.5 Å². The van der Waals surface area contributed by atoms with Crippen LogP contribution in [-0.2, 0) is 4.79 Å². The number of carbonyl (C=O) groups is 3. The summed E-state index contributed by atoms with van der Waals surface area (Å²) in [6, 6.07) is 6.80. The molecular formula is C20H29N3O4. The van der Waals surface area contributed by atoms with E-state index < -0.39 is 11.4 Å². The topological polar surface area (TPSA) is 98.7 Å². The van der Waals surface area contributed by atoms with Crippen LogP contribution in [-0.4, -0.2) is 53.0 Å². The molecule has 148 valence electrons. The smallest absolute Gasteiger partial charge is 0.319 e. The molecule has 0 saturated heterocycles. The molecule has 0 radical (unpaired) electrons. The van der Waals surface area contributed by atoms with Crippen molar-refractivity contribution in [1.82, 2.24) is 10.2 Å². The van der Waals surface area contributed by atoms with Crippen LogP contribution in [0.5, 0.6) is 0 Å². The van der Waals surface area contributed by atoms with Crippen molar-refractivity contribution in [2.75, 3.05) is 18.4 Å². The number of carboxylic acid groups (broad SMARTS) is 1. The number of ketones is 1. The number of carbonyl (C=O) groups excluding carboxylic acids is 2. The molecule has 1 fully saturated rings. The number of hydrogen-bond acceptors (Lipinski definition) is 4. The molecule has 0 aromatic heterocycles. The summed E-state index contributed by atoms with van der Waals surface area (Å²) >= 11 is 0. The summed E-state index contributed by atoms with van der Waals surface area (Å²) in [7, 11) is 0. The van der Waals surface area contributed by atoms with Crippen molar-refractivity contribution >= 4 is 23.5 Å². The van der Waals surface area contributed by atoms with Crippen molar-refractivity contribution in [2.24, 2.45) is 5.41 Å². The van der Waals surface area contributed by atoms with Gasteiger partial charge in [0.25, 0.3) is 0 Å². The molecule has 1 aromatic carbocycles. The first-order chi connectivity index (χ1) is 12.6. The predicted molar refractivity (Wildman–Crippen MR) is 104 cm³/mol. The lowest BCUT2D eigenvalue weighted by molar-refractivity contribution is -0.139. The third kappa shape index (κ3) is 5.79. The lowest BCUT2D eigenvalue weighted by Gasteiger charge is -2.42. The number of likely N-dealkylation sites (N-methyl/N-ethyl adjacent to an activating group) is 1. The lowest BCUT2D eigenvalue weighted by Crippen LogP contribution is -2.55. The summed E-state index contributed by atoms with van der Waals surface area (Å²) in [4.78, 5) is 37.1. The van der Waals surface area contributed by atoms with Gasteiger partial charge in [0.2, 0.25) is 0 Å². The number of amides is 2. The van der Waals surface area contributed by atoms with Gasteiger partial charge >= 0.3 is 12.0 Å². The fourth-order valence-corrected chi connectivity index (χ4v) is 3.17. The molecule has 7 nitrogen and oxygen atoms in total. The predicted octanol–water partition coefficient (Wildman–Crippen LogP) is 2.97. The maximum absolute atomic E-state index is 12.2. The van der Waals surface area contributed by atoms with Crippen LogP contribution in [0.4, 0.5) is 10.5 Å². The van der Waals surface area contributed by atoms with Crippen molar-refractivity contribution in [2.45, 2.75) is 52.6 Å². The molecule has 2 rings (SSSR count). The molecule has 0 atom stereocenters. The Balaban J connectivity index is 1.80. The van der Waals surface area contributed by atoms with E-state index in [0.29, 0.717) is 17.8 Å². The molecule has 0 unspecified atom stereocenters. The number of Topliss-reactive ketones (excluding diaryl/α,β-unsaturated/α-hetero) is 1. The lowest BCUT2D eigenvalue weighted by atomic mass is 9.85. The Hall–Kier alpha value is -2.41. The average Bonchev–Trinajstić information content (AvgIpc) is 2.55. The molecule has 27 heavy (non-hydrogen) atoms. The third-order valence-corrected chi connectivity index (χ3v) is 4.80. The summed E-state index contributed by atoms with van der Waals surface area (Å²) in [6.45, 7) is 8.25. The quantitative estimate of drug-likeness (QED) is 0.637. The van der Waals surface area contributed by atoms with E-state index >= 15 is 0 Å². The van der Waals surface area contributed by atoms with Gasteiger partial charge in [-0.1, -0.05) is 27.7 Å². The normalized spacial score (nSPS) is 19.3. The SMILES string of the molecule is CCN(CC(=O)O)C1CC(NC(=O)Nc2ccc(C(=O)C(C)(C)C)cc2)C1. The van der Waals surface area contributed by atoms with Gasteiger partial charge in [-0.05, 0) is 43.7 Å². The average molecular weight is 375 g/mol. The first-order valence-corrected chi connectivity index (χ1v) is 9.28. The molecule has 0 heterocycles. The maximum atomic E-state index is 12.2. The molecule has 1 aliphatic rings. The van der Waals surface area contributed by atoms with Crippen molar-refractivity contribution in [1.29, 1.82) is 0 Å². The van der Waals surface area contributed by atoms with Gasteiger partial charge in [-0.2, -0.15) is 0 Å². The minimum absolute atomic E-state index is 0.0275. The highest BCUT2D eigenvalue weighted by atomic mass is 16.4. The highest BCUT2D eigenvalue weighted by molar-refractivity contribution is 6.00. The Bertz CT molecular complexity index is 688. The number of nitrogens with one attached hydrogen (secondary N) is 2. The number of nitrogens with zero attached hydrogens (tertiary/aromatic N) is 1. The summed E-state index contributed by atoms with van der Waals surface area (Å²) in [5.41, 5.74) is 0.795. The zero-order valence-corrected chi connectivity index (χ0v) is 16.4. The van der Waals surface area contributed by atoms with Crippen LogP contribution < -0.4 is 10.6 Å². The van der Waals surface area contributed by atoms with Gasteiger partial charge in [0, 0.05) is 28.7 Å². The molecule has 0 aliphatic heterocycles. The Kier molecular flexibility index (Phi) is 6.59. The van der Waals surface area contributed by atoms with E-state index in [9.17, 15) is 14.4 Å². The highest BCUT2D eigenvalue weighted by Crippen LogP contribution is 2.26. The highest BCUT2D eigenvalue weighted by Gasteiger charge is 2.34. The van der Waals surface area contributed by atoms with Crippen molar-refractivity contribution in [3.63, 3.8) is 0 Å². The second-order valence-corrected chi connectivity index (χ2v) is 8.03. The third-order valence-electron chi connectivity index (χ3n) is 4.80. The summed E-state index contributed by atoms with van der Waals surface area (Å²) < 4.78 is 0. The first kappa shape index (κ1) is 20.9. The largest absolute Gasteiger partial charge is 0.480 e. The van der Waals surface area contributed by atoms with E-state index in [0.717, 1.165) is 12.8 Å². The molecule has 0 bridgehead atoms. The van der Waals surface area contributed by atoms with Gasteiger partial charge < -0.3 is 15.7 Å². The van der Waals surface area contributed by atoms with Crippen LogP contribution in [0.25, 0.3) is 0 Å². The van der Waals surface area contributed by atoms with Gasteiger partial charge in [-0.25, -0.2) is 4.79 Å². The van der Waals surface area contributed by atoms with E-state index in [1.54, 1.807) is 24.3 Å². The standard InChI is InChI=1S/C20H29N3O4/c1-5-23(12-17(24)25)16-10-15(11-16)22-19(27)21-14-8-6-13(7-9-14)18(26)20(2,3)4/h6-9,15-16H,5,10-12H2,1-4H3,(H,24,25)(H2,21,22,27). The van der Waals surface area contributed by atoms with Crippen molar-refractivity contribution in [3.05, 3.63) is 29.8 Å². The van der Waals surface area contributed by atoms with E-state index in [2.05, 4.69) is 10.6 Å². The maximum Gasteiger partial charge on any atom is 0.319 e. The van der Waals surface area contributed by atoms with Crippen LogP contribution in [0, 0.1) is 5.41 Å². The molecular weight excluding hydrogens is 346 g/mol. The number of rotatable bonds is 7. The zero-order chi connectivity index (χ0) is 20.2. The van der Waals surface area contributed by atoms with Crippen molar-refractivity contribution in [3.8, 4) is 0 Å². The monoisotopic (exact) mass is 375 g/mol. The molecule has 7 heteroatoms. The minimum Gasteiger partial charge on any atom is -0.480 e. The van der Waals surface area contributed by atoms with Crippen LogP contribution in [0.3, 0.4) is 0 Å². The number of hydrogen-bond donors (Lipinski definition) is 3. The van der Waals surface area contributed by atoms with E-state index in [1.807, 2.05) is 32.6 Å².